The third kappa shape index (κ3) is 2.26. The number of para-hydroxylation sites is 1. The summed E-state index contributed by atoms with van der Waals surface area (Å²) in [6.45, 7) is 0. The number of aromatic nitrogens is 3. The van der Waals surface area contributed by atoms with Crippen molar-refractivity contribution >= 4 is 10.9 Å². The van der Waals surface area contributed by atoms with E-state index in [1.807, 2.05) is 0 Å². The summed E-state index contributed by atoms with van der Waals surface area (Å²) in [5.74, 6) is 0. The number of hydrogen-bond donors (Lipinski definition) is 1. The number of aromatic amines is 1. The second-order valence-electron chi connectivity index (χ2n) is 4.34. The molecule has 0 fully saturated rings. The highest BCUT2D eigenvalue weighted by atomic mass is 19.4. The Hall–Kier alpha value is -2.70. The molecule has 0 amide bonds. The number of rotatable bonds is 1. The lowest BCUT2D eigenvalue weighted by Crippen LogP contribution is -2.15. The first-order valence-electron chi connectivity index (χ1n) is 5.98. The first kappa shape index (κ1) is 13.3. The minimum Gasteiger partial charge on any atom is -0.287 e. The third-order valence-corrected chi connectivity index (χ3v) is 3.01. The van der Waals surface area contributed by atoms with Crippen molar-refractivity contribution in [2.24, 2.45) is 0 Å². The maximum atomic E-state index is 13.0. The zero-order valence-corrected chi connectivity index (χ0v) is 10.5. The number of fused-ring (bicyclic) bond motifs is 1. The van der Waals surface area contributed by atoms with Crippen LogP contribution in [0.3, 0.4) is 0 Å². The van der Waals surface area contributed by atoms with Crippen molar-refractivity contribution in [3.63, 3.8) is 0 Å². The number of pyridine rings is 1. The Morgan fingerprint density at radius 3 is 2.52 bits per heavy atom. The highest BCUT2D eigenvalue weighted by Gasteiger charge is 2.35. The van der Waals surface area contributed by atoms with E-state index in [1.165, 1.54) is 18.3 Å². The van der Waals surface area contributed by atoms with Gasteiger partial charge in [-0.25, -0.2) is 0 Å². The molecular formula is C14H8F3N3O. The summed E-state index contributed by atoms with van der Waals surface area (Å²) < 4.78 is 39.0. The van der Waals surface area contributed by atoms with Crippen molar-refractivity contribution in [2.45, 2.75) is 6.18 Å². The van der Waals surface area contributed by atoms with Crippen LogP contribution in [-0.2, 0) is 6.18 Å². The Kier molecular flexibility index (Phi) is 2.97. The first-order chi connectivity index (χ1) is 9.98. The molecule has 0 aliphatic carbocycles. The van der Waals surface area contributed by atoms with Gasteiger partial charge in [-0.05, 0) is 24.3 Å². The van der Waals surface area contributed by atoms with Crippen LogP contribution in [0.15, 0.2) is 47.4 Å². The number of benzene rings is 1. The van der Waals surface area contributed by atoms with E-state index in [4.69, 9.17) is 0 Å². The quantitative estimate of drug-likeness (QED) is 0.749. The molecule has 7 heteroatoms. The SMILES string of the molecule is O=c1c(-c2ncccc2C(F)(F)F)n[nH]c2ccccc12. The number of nitrogens with zero attached hydrogens (tertiary/aromatic N) is 2. The zero-order valence-electron chi connectivity index (χ0n) is 10.5. The van der Waals surface area contributed by atoms with Crippen molar-refractivity contribution in [3.05, 3.63) is 58.4 Å². The van der Waals surface area contributed by atoms with Gasteiger partial charge in [0, 0.05) is 11.6 Å². The number of alkyl halides is 3. The summed E-state index contributed by atoms with van der Waals surface area (Å²) in [6.07, 6.45) is -3.41. The molecule has 1 aromatic carbocycles. The predicted molar refractivity (Wildman–Crippen MR) is 70.6 cm³/mol. The Morgan fingerprint density at radius 2 is 1.76 bits per heavy atom. The second-order valence-corrected chi connectivity index (χ2v) is 4.34. The van der Waals surface area contributed by atoms with Gasteiger partial charge in [-0.1, -0.05) is 12.1 Å². The van der Waals surface area contributed by atoms with E-state index in [0.717, 1.165) is 6.07 Å². The van der Waals surface area contributed by atoms with Gasteiger partial charge in [0.2, 0.25) is 5.43 Å². The molecule has 0 unspecified atom stereocenters. The lowest BCUT2D eigenvalue weighted by atomic mass is 10.1. The highest BCUT2D eigenvalue weighted by molar-refractivity contribution is 5.81. The standard InChI is InChI=1S/C14H8F3N3O/c15-14(16,17)9-5-3-7-18-11(9)12-13(21)8-4-1-2-6-10(8)19-20-12/h1-7H,(H,19,21). The van der Waals surface area contributed by atoms with Crippen LogP contribution in [0.5, 0.6) is 0 Å². The third-order valence-electron chi connectivity index (χ3n) is 3.01. The average Bonchev–Trinajstić information content (AvgIpc) is 2.47. The maximum Gasteiger partial charge on any atom is 0.418 e. The second kappa shape index (κ2) is 4.69. The molecule has 21 heavy (non-hydrogen) atoms. The summed E-state index contributed by atoms with van der Waals surface area (Å²) >= 11 is 0. The minimum absolute atomic E-state index is 0.265. The van der Waals surface area contributed by atoms with Crippen molar-refractivity contribution in [2.75, 3.05) is 0 Å². The summed E-state index contributed by atoms with van der Waals surface area (Å²) in [6, 6.07) is 8.51. The van der Waals surface area contributed by atoms with Gasteiger partial charge in [0.25, 0.3) is 0 Å². The number of H-pyrrole nitrogens is 1. The molecule has 0 spiro atoms. The molecule has 3 aromatic rings. The molecule has 106 valence electrons. The monoisotopic (exact) mass is 291 g/mol. The van der Waals surface area contributed by atoms with Gasteiger partial charge < -0.3 is 0 Å². The van der Waals surface area contributed by atoms with Crippen LogP contribution >= 0.6 is 0 Å². The van der Waals surface area contributed by atoms with Gasteiger partial charge in [0.05, 0.1) is 11.1 Å². The number of hydrogen-bond acceptors (Lipinski definition) is 3. The van der Waals surface area contributed by atoms with Crippen LogP contribution in [0.1, 0.15) is 5.56 Å². The number of halogens is 3. The van der Waals surface area contributed by atoms with Crippen molar-refractivity contribution in [1.82, 2.24) is 15.2 Å². The van der Waals surface area contributed by atoms with E-state index in [9.17, 15) is 18.0 Å². The van der Waals surface area contributed by atoms with Crippen LogP contribution in [-0.4, -0.2) is 15.2 Å². The summed E-state index contributed by atoms with van der Waals surface area (Å²) in [4.78, 5) is 16.0. The van der Waals surface area contributed by atoms with Gasteiger partial charge in [-0.15, -0.1) is 0 Å². The fraction of sp³-hybridized carbons (Fsp3) is 0.0714. The topological polar surface area (TPSA) is 58.6 Å². The summed E-state index contributed by atoms with van der Waals surface area (Å²) in [7, 11) is 0. The van der Waals surface area contributed by atoms with Crippen LogP contribution in [0, 0.1) is 0 Å². The Labute approximate surface area is 116 Å². The molecule has 0 atom stereocenters. The largest absolute Gasteiger partial charge is 0.418 e. The maximum absolute atomic E-state index is 13.0. The molecule has 1 N–H and O–H groups in total. The van der Waals surface area contributed by atoms with E-state index in [2.05, 4.69) is 15.2 Å². The lowest BCUT2D eigenvalue weighted by molar-refractivity contribution is -0.137. The van der Waals surface area contributed by atoms with Gasteiger partial charge in [-0.3, -0.25) is 14.9 Å². The van der Waals surface area contributed by atoms with Crippen molar-refractivity contribution in [1.29, 1.82) is 0 Å². The summed E-state index contributed by atoms with van der Waals surface area (Å²) in [5.41, 5.74) is -1.94. The van der Waals surface area contributed by atoms with E-state index in [0.29, 0.717) is 5.52 Å². The fourth-order valence-electron chi connectivity index (χ4n) is 2.06. The molecule has 0 bridgehead atoms. The van der Waals surface area contributed by atoms with Crippen molar-refractivity contribution < 1.29 is 13.2 Å². The molecule has 4 nitrogen and oxygen atoms in total. The van der Waals surface area contributed by atoms with Gasteiger partial charge in [0.15, 0.2) is 5.69 Å². The predicted octanol–water partition coefficient (Wildman–Crippen LogP) is 3.00. The highest BCUT2D eigenvalue weighted by Crippen LogP contribution is 2.34. The van der Waals surface area contributed by atoms with Crippen LogP contribution in [0.2, 0.25) is 0 Å². The Balaban J connectivity index is 2.32. The van der Waals surface area contributed by atoms with E-state index in [1.54, 1.807) is 18.2 Å². The fourth-order valence-corrected chi connectivity index (χ4v) is 2.06. The first-order valence-corrected chi connectivity index (χ1v) is 5.98. The van der Waals surface area contributed by atoms with Crippen LogP contribution in [0.4, 0.5) is 13.2 Å². The van der Waals surface area contributed by atoms with E-state index < -0.39 is 22.9 Å². The molecular weight excluding hydrogens is 283 g/mol. The lowest BCUT2D eigenvalue weighted by Gasteiger charge is -2.10. The molecule has 2 aromatic heterocycles. The number of nitrogens with one attached hydrogen (secondary N) is 1. The minimum atomic E-state index is -4.61. The summed E-state index contributed by atoms with van der Waals surface area (Å²) in [5, 5.41) is 6.60. The molecule has 2 heterocycles. The Morgan fingerprint density at radius 1 is 1.00 bits per heavy atom. The molecule has 0 aliphatic heterocycles. The molecule has 0 saturated carbocycles. The molecule has 0 saturated heterocycles. The molecule has 3 rings (SSSR count). The van der Waals surface area contributed by atoms with E-state index in [-0.39, 0.29) is 11.1 Å². The average molecular weight is 291 g/mol. The van der Waals surface area contributed by atoms with Crippen LogP contribution < -0.4 is 5.43 Å². The molecule has 0 aliphatic rings. The van der Waals surface area contributed by atoms with Gasteiger partial charge in [0.1, 0.15) is 5.69 Å². The zero-order chi connectivity index (χ0) is 15.0. The van der Waals surface area contributed by atoms with Crippen LogP contribution in [0.25, 0.3) is 22.3 Å². The molecule has 0 radical (unpaired) electrons. The Bertz CT molecular complexity index is 871. The van der Waals surface area contributed by atoms with Crippen molar-refractivity contribution in [3.8, 4) is 11.4 Å². The van der Waals surface area contributed by atoms with Gasteiger partial charge >= 0.3 is 6.18 Å². The smallest absolute Gasteiger partial charge is 0.287 e. The normalized spacial score (nSPS) is 11.8. The van der Waals surface area contributed by atoms with Gasteiger partial charge in [-0.2, -0.15) is 18.3 Å². The van der Waals surface area contributed by atoms with E-state index >= 15 is 0 Å².